The van der Waals surface area contributed by atoms with Crippen molar-refractivity contribution in [2.45, 2.75) is 50.7 Å². The zero-order valence-corrected chi connectivity index (χ0v) is 14.4. The minimum Gasteiger partial charge on any atom is -0.396 e. The summed E-state index contributed by atoms with van der Waals surface area (Å²) in [6.45, 7) is 3.56. The van der Waals surface area contributed by atoms with Gasteiger partial charge in [0.15, 0.2) is 0 Å². The van der Waals surface area contributed by atoms with E-state index in [4.69, 9.17) is 5.11 Å². The topological polar surface area (TPSA) is 55.8 Å². The van der Waals surface area contributed by atoms with E-state index in [1.165, 1.54) is 25.8 Å². The van der Waals surface area contributed by atoms with Crippen LogP contribution in [0.3, 0.4) is 0 Å². The molecule has 2 saturated heterocycles. The Balaban J connectivity index is 1.60. The summed E-state index contributed by atoms with van der Waals surface area (Å²) in [5.74, 6) is 0. The van der Waals surface area contributed by atoms with Crippen molar-refractivity contribution in [2.75, 3.05) is 26.2 Å². The Labute approximate surface area is 144 Å². The molecule has 2 amide bonds. The lowest BCUT2D eigenvalue weighted by Gasteiger charge is -2.33. The lowest BCUT2D eigenvalue weighted by atomic mass is 9.99. The highest BCUT2D eigenvalue weighted by Gasteiger charge is 2.36. The van der Waals surface area contributed by atoms with Crippen LogP contribution in [0.1, 0.15) is 37.7 Å². The van der Waals surface area contributed by atoms with E-state index in [2.05, 4.69) is 10.2 Å². The quantitative estimate of drug-likeness (QED) is 0.840. The molecular weight excluding hydrogens is 302 g/mol. The van der Waals surface area contributed by atoms with Crippen LogP contribution >= 0.6 is 0 Å². The van der Waals surface area contributed by atoms with E-state index in [1.54, 1.807) is 0 Å². The van der Waals surface area contributed by atoms with Crippen LogP contribution in [0.5, 0.6) is 0 Å². The largest absolute Gasteiger partial charge is 0.396 e. The van der Waals surface area contributed by atoms with Crippen LogP contribution in [0.25, 0.3) is 0 Å². The molecule has 5 heteroatoms. The van der Waals surface area contributed by atoms with Gasteiger partial charge in [-0.1, -0.05) is 36.8 Å². The van der Waals surface area contributed by atoms with Gasteiger partial charge in [-0.15, -0.1) is 0 Å². The van der Waals surface area contributed by atoms with E-state index in [9.17, 15) is 4.79 Å². The van der Waals surface area contributed by atoms with Gasteiger partial charge in [0, 0.05) is 38.3 Å². The normalized spacial score (nSPS) is 23.7. The first kappa shape index (κ1) is 17.2. The van der Waals surface area contributed by atoms with Crippen LogP contribution in [0.15, 0.2) is 30.3 Å². The smallest absolute Gasteiger partial charge is 0.317 e. The monoisotopic (exact) mass is 331 g/mol. The number of hydrogen-bond donors (Lipinski definition) is 2. The first-order chi connectivity index (χ1) is 11.8. The zero-order chi connectivity index (χ0) is 16.8. The number of piperidine rings is 1. The number of aliphatic hydroxyl groups is 1. The number of urea groups is 1. The highest BCUT2D eigenvalue weighted by molar-refractivity contribution is 5.74. The summed E-state index contributed by atoms with van der Waals surface area (Å²) in [5, 5.41) is 12.4. The third kappa shape index (κ3) is 4.28. The summed E-state index contributed by atoms with van der Waals surface area (Å²) in [6, 6.07) is 10.8. The first-order valence-corrected chi connectivity index (χ1v) is 9.22. The van der Waals surface area contributed by atoms with Gasteiger partial charge in [-0.25, -0.2) is 4.79 Å². The predicted octanol–water partition coefficient (Wildman–Crippen LogP) is 2.21. The second kappa shape index (κ2) is 8.49. The van der Waals surface area contributed by atoms with Crippen LogP contribution < -0.4 is 5.32 Å². The second-order valence-electron chi connectivity index (χ2n) is 6.93. The SMILES string of the molecule is O=C(N[C@H]1CCN2CCCC[C@@H]12)N(CCCO)Cc1ccccc1. The fourth-order valence-corrected chi connectivity index (χ4v) is 3.98. The third-order valence-electron chi connectivity index (χ3n) is 5.25. The number of carbonyl (C=O) groups is 1. The fourth-order valence-electron chi connectivity index (χ4n) is 3.98. The van der Waals surface area contributed by atoms with E-state index < -0.39 is 0 Å². The van der Waals surface area contributed by atoms with Crippen LogP contribution in [0.4, 0.5) is 4.79 Å². The Morgan fingerprint density at radius 2 is 2.04 bits per heavy atom. The van der Waals surface area contributed by atoms with Gasteiger partial charge in [-0.3, -0.25) is 4.90 Å². The van der Waals surface area contributed by atoms with Crippen molar-refractivity contribution < 1.29 is 9.90 Å². The van der Waals surface area contributed by atoms with Crippen LogP contribution in [0, 0.1) is 0 Å². The van der Waals surface area contributed by atoms with Crippen molar-refractivity contribution >= 4 is 6.03 Å². The van der Waals surface area contributed by atoms with Gasteiger partial charge in [0.25, 0.3) is 0 Å². The molecule has 24 heavy (non-hydrogen) atoms. The van der Waals surface area contributed by atoms with Crippen molar-refractivity contribution in [1.29, 1.82) is 0 Å². The predicted molar refractivity (Wildman–Crippen MR) is 94.7 cm³/mol. The molecular formula is C19H29N3O2. The number of carbonyl (C=O) groups excluding carboxylic acids is 1. The molecule has 2 atom stereocenters. The van der Waals surface area contributed by atoms with Gasteiger partial charge in [0.1, 0.15) is 0 Å². The standard InChI is InChI=1S/C19H29N3O2/c23-14-6-12-22(15-16-7-2-1-3-8-16)19(24)20-17-10-13-21-11-5-4-9-18(17)21/h1-3,7-8,17-18,23H,4-6,9-15H2,(H,20,24)/t17-,18-/m0/s1. The Hall–Kier alpha value is -1.59. The summed E-state index contributed by atoms with van der Waals surface area (Å²) in [6.07, 6.45) is 5.41. The van der Waals surface area contributed by atoms with Crippen molar-refractivity contribution in [3.05, 3.63) is 35.9 Å². The molecule has 0 aliphatic carbocycles. The van der Waals surface area contributed by atoms with Gasteiger partial charge in [-0.05, 0) is 37.8 Å². The number of fused-ring (bicyclic) bond motifs is 1. The summed E-state index contributed by atoms with van der Waals surface area (Å²) < 4.78 is 0. The number of nitrogens with zero attached hydrogens (tertiary/aromatic N) is 2. The third-order valence-corrected chi connectivity index (χ3v) is 5.25. The van der Waals surface area contributed by atoms with Gasteiger partial charge >= 0.3 is 6.03 Å². The molecule has 0 aromatic heterocycles. The molecule has 2 N–H and O–H groups in total. The molecule has 2 heterocycles. The Bertz CT molecular complexity index is 523. The summed E-state index contributed by atoms with van der Waals surface area (Å²) >= 11 is 0. The van der Waals surface area contributed by atoms with Gasteiger partial charge < -0.3 is 15.3 Å². The maximum atomic E-state index is 12.8. The van der Waals surface area contributed by atoms with Crippen LogP contribution in [0.2, 0.25) is 0 Å². The van der Waals surface area contributed by atoms with Gasteiger partial charge in [0.05, 0.1) is 0 Å². The molecule has 0 bridgehead atoms. The molecule has 132 valence electrons. The highest BCUT2D eigenvalue weighted by atomic mass is 16.3. The molecule has 0 saturated carbocycles. The number of hydrogen-bond acceptors (Lipinski definition) is 3. The van der Waals surface area contributed by atoms with E-state index in [-0.39, 0.29) is 18.7 Å². The minimum atomic E-state index is 0.00438. The zero-order valence-electron chi connectivity index (χ0n) is 14.4. The number of benzene rings is 1. The molecule has 1 aromatic carbocycles. The maximum Gasteiger partial charge on any atom is 0.317 e. The lowest BCUT2D eigenvalue weighted by Crippen LogP contribution is -2.50. The molecule has 2 aliphatic heterocycles. The average Bonchev–Trinajstić information content (AvgIpc) is 3.02. The van der Waals surface area contributed by atoms with E-state index in [0.717, 1.165) is 18.5 Å². The summed E-state index contributed by atoms with van der Waals surface area (Å²) in [5.41, 5.74) is 1.12. The van der Waals surface area contributed by atoms with Crippen LogP contribution in [-0.4, -0.2) is 59.3 Å². The second-order valence-corrected chi connectivity index (χ2v) is 6.93. The summed E-state index contributed by atoms with van der Waals surface area (Å²) in [4.78, 5) is 17.2. The first-order valence-electron chi connectivity index (χ1n) is 9.22. The van der Waals surface area contributed by atoms with E-state index in [0.29, 0.717) is 25.6 Å². The summed E-state index contributed by atoms with van der Waals surface area (Å²) in [7, 11) is 0. The number of rotatable bonds is 6. The number of amides is 2. The Morgan fingerprint density at radius 3 is 2.83 bits per heavy atom. The number of nitrogens with one attached hydrogen (secondary N) is 1. The fraction of sp³-hybridized carbons (Fsp3) is 0.632. The molecule has 3 rings (SSSR count). The van der Waals surface area contributed by atoms with Crippen molar-refractivity contribution in [3.8, 4) is 0 Å². The van der Waals surface area contributed by atoms with E-state index in [1.807, 2.05) is 35.2 Å². The van der Waals surface area contributed by atoms with Crippen LogP contribution in [-0.2, 0) is 6.54 Å². The van der Waals surface area contributed by atoms with Crippen molar-refractivity contribution in [1.82, 2.24) is 15.1 Å². The molecule has 0 radical (unpaired) electrons. The maximum absolute atomic E-state index is 12.8. The van der Waals surface area contributed by atoms with Gasteiger partial charge in [0.2, 0.25) is 0 Å². The molecule has 1 aromatic rings. The molecule has 0 spiro atoms. The number of aliphatic hydroxyl groups excluding tert-OH is 1. The van der Waals surface area contributed by atoms with Crippen molar-refractivity contribution in [2.24, 2.45) is 0 Å². The van der Waals surface area contributed by atoms with Crippen molar-refractivity contribution in [3.63, 3.8) is 0 Å². The average molecular weight is 331 g/mol. The molecule has 0 unspecified atom stereocenters. The minimum absolute atomic E-state index is 0.00438. The molecule has 2 fully saturated rings. The van der Waals surface area contributed by atoms with E-state index >= 15 is 0 Å². The lowest BCUT2D eigenvalue weighted by molar-refractivity contribution is 0.163. The Kier molecular flexibility index (Phi) is 6.10. The highest BCUT2D eigenvalue weighted by Crippen LogP contribution is 2.27. The Morgan fingerprint density at radius 1 is 1.21 bits per heavy atom. The van der Waals surface area contributed by atoms with Gasteiger partial charge in [-0.2, -0.15) is 0 Å². The molecule has 5 nitrogen and oxygen atoms in total. The molecule has 2 aliphatic rings.